The number of esters is 1. The molecule has 3 rings (SSSR count). The third-order valence-corrected chi connectivity index (χ3v) is 3.48. The van der Waals surface area contributed by atoms with E-state index in [0.29, 0.717) is 12.3 Å². The van der Waals surface area contributed by atoms with E-state index in [4.69, 9.17) is 9.47 Å². The van der Waals surface area contributed by atoms with Gasteiger partial charge in [-0.25, -0.2) is 4.79 Å². The van der Waals surface area contributed by atoms with Crippen molar-refractivity contribution < 1.29 is 14.3 Å². The zero-order valence-corrected chi connectivity index (χ0v) is 12.6. The van der Waals surface area contributed by atoms with E-state index >= 15 is 0 Å². The molecular weight excluding hydrogens is 278 g/mol. The van der Waals surface area contributed by atoms with Crippen molar-refractivity contribution in [2.45, 2.75) is 6.92 Å². The fraction of sp³-hybridized carbons (Fsp3) is 0.167. The molecule has 0 bridgehead atoms. The van der Waals surface area contributed by atoms with Gasteiger partial charge in [-0.15, -0.1) is 0 Å². The summed E-state index contributed by atoms with van der Waals surface area (Å²) in [5.74, 6) is 1.20. The second-order valence-electron chi connectivity index (χ2n) is 4.94. The molecule has 3 aromatic rings. The van der Waals surface area contributed by atoms with Gasteiger partial charge in [0.25, 0.3) is 0 Å². The average molecular weight is 295 g/mol. The van der Waals surface area contributed by atoms with Crippen molar-refractivity contribution in [3.63, 3.8) is 0 Å². The van der Waals surface area contributed by atoms with E-state index in [1.54, 1.807) is 6.92 Å². The van der Waals surface area contributed by atoms with Gasteiger partial charge in [0.05, 0.1) is 6.61 Å². The number of fused-ring (bicyclic) bond motifs is 1. The van der Waals surface area contributed by atoms with E-state index in [2.05, 4.69) is 0 Å². The van der Waals surface area contributed by atoms with Gasteiger partial charge < -0.3 is 14.0 Å². The molecule has 22 heavy (non-hydrogen) atoms. The Kier molecular flexibility index (Phi) is 3.83. The second kappa shape index (κ2) is 5.93. The topological polar surface area (TPSA) is 40.5 Å². The maximum absolute atomic E-state index is 11.9. The molecule has 1 heterocycles. The van der Waals surface area contributed by atoms with Crippen LogP contribution in [0.4, 0.5) is 0 Å². The lowest BCUT2D eigenvalue weighted by Crippen LogP contribution is -2.09. The third-order valence-electron chi connectivity index (χ3n) is 3.48. The lowest BCUT2D eigenvalue weighted by Gasteiger charge is -2.06. The Labute approximate surface area is 128 Å². The van der Waals surface area contributed by atoms with Crippen molar-refractivity contribution in [3.05, 3.63) is 60.3 Å². The van der Waals surface area contributed by atoms with Crippen LogP contribution in [0, 0.1) is 0 Å². The molecule has 0 saturated carbocycles. The Morgan fingerprint density at radius 1 is 1.05 bits per heavy atom. The van der Waals surface area contributed by atoms with Crippen LogP contribution in [0.25, 0.3) is 10.9 Å². The Bertz CT molecular complexity index is 806. The van der Waals surface area contributed by atoms with Crippen molar-refractivity contribution in [3.8, 4) is 11.5 Å². The summed E-state index contributed by atoms with van der Waals surface area (Å²) in [5, 5.41) is 0.944. The highest BCUT2D eigenvalue weighted by Gasteiger charge is 2.14. The zero-order valence-electron chi connectivity index (χ0n) is 12.6. The minimum atomic E-state index is -0.313. The number of carbonyl (C=O) groups excluding carboxylic acids is 1. The molecule has 0 aliphatic carbocycles. The van der Waals surface area contributed by atoms with Crippen LogP contribution in [-0.4, -0.2) is 17.1 Å². The molecule has 2 aromatic carbocycles. The molecular formula is C18H17NO3. The number of para-hydroxylation sites is 1. The minimum absolute atomic E-state index is 0.313. The van der Waals surface area contributed by atoms with E-state index in [1.807, 2.05) is 66.2 Å². The lowest BCUT2D eigenvalue weighted by atomic mass is 10.2. The number of carbonyl (C=O) groups is 1. The van der Waals surface area contributed by atoms with Gasteiger partial charge in [-0.05, 0) is 43.3 Å². The van der Waals surface area contributed by atoms with E-state index < -0.39 is 0 Å². The van der Waals surface area contributed by atoms with E-state index in [9.17, 15) is 4.79 Å². The fourth-order valence-electron chi connectivity index (χ4n) is 2.42. The summed E-state index contributed by atoms with van der Waals surface area (Å²) in [5.41, 5.74) is 1.50. The van der Waals surface area contributed by atoms with Crippen LogP contribution in [0.15, 0.2) is 54.6 Å². The highest BCUT2D eigenvalue weighted by atomic mass is 16.5. The van der Waals surface area contributed by atoms with Crippen LogP contribution in [0.3, 0.4) is 0 Å². The van der Waals surface area contributed by atoms with Gasteiger partial charge in [0.2, 0.25) is 0 Å². The number of aryl methyl sites for hydroxylation is 1. The molecule has 0 unspecified atom stereocenters. The molecule has 0 spiro atoms. The Balaban J connectivity index is 1.95. The smallest absolute Gasteiger partial charge is 0.354 e. The molecule has 0 saturated heterocycles. The molecule has 4 heteroatoms. The predicted molar refractivity (Wildman–Crippen MR) is 85.4 cm³/mol. The number of aromatic nitrogens is 1. The first-order valence-electron chi connectivity index (χ1n) is 7.18. The summed E-state index contributed by atoms with van der Waals surface area (Å²) in [4.78, 5) is 11.9. The Hall–Kier alpha value is -2.75. The molecule has 0 aliphatic heterocycles. The molecule has 1 aromatic heterocycles. The number of nitrogens with zero attached hydrogens (tertiary/aromatic N) is 1. The van der Waals surface area contributed by atoms with Crippen molar-refractivity contribution in [1.29, 1.82) is 0 Å². The third kappa shape index (κ3) is 2.68. The van der Waals surface area contributed by atoms with Crippen LogP contribution in [0.5, 0.6) is 11.5 Å². The largest absolute Gasteiger partial charge is 0.461 e. The molecule has 0 amide bonds. The summed E-state index contributed by atoms with van der Waals surface area (Å²) < 4.78 is 12.7. The number of hydrogen-bond donors (Lipinski definition) is 0. The highest BCUT2D eigenvalue weighted by molar-refractivity contribution is 5.96. The number of rotatable bonds is 4. The van der Waals surface area contributed by atoms with Gasteiger partial charge in [-0.1, -0.05) is 18.2 Å². The normalized spacial score (nSPS) is 10.6. The molecule has 0 fully saturated rings. The zero-order chi connectivity index (χ0) is 15.5. The maximum Gasteiger partial charge on any atom is 0.354 e. The second-order valence-corrected chi connectivity index (χ2v) is 4.94. The van der Waals surface area contributed by atoms with Crippen LogP contribution in [0.1, 0.15) is 17.4 Å². The summed E-state index contributed by atoms with van der Waals surface area (Å²) in [7, 11) is 1.85. The molecule has 4 nitrogen and oxygen atoms in total. The first-order valence-corrected chi connectivity index (χ1v) is 7.18. The predicted octanol–water partition coefficient (Wildman–Crippen LogP) is 4.15. The van der Waals surface area contributed by atoms with Gasteiger partial charge in [-0.3, -0.25) is 0 Å². The van der Waals surface area contributed by atoms with Gasteiger partial charge >= 0.3 is 5.97 Å². The van der Waals surface area contributed by atoms with Crippen LogP contribution in [-0.2, 0) is 11.8 Å². The van der Waals surface area contributed by atoms with Gasteiger partial charge in [-0.2, -0.15) is 0 Å². The Morgan fingerprint density at radius 2 is 1.82 bits per heavy atom. The molecule has 0 aliphatic rings. The van der Waals surface area contributed by atoms with Crippen molar-refractivity contribution in [2.24, 2.45) is 7.05 Å². The lowest BCUT2D eigenvalue weighted by molar-refractivity contribution is 0.0516. The average Bonchev–Trinajstić information content (AvgIpc) is 2.85. The van der Waals surface area contributed by atoms with Crippen LogP contribution >= 0.6 is 0 Å². The number of ether oxygens (including phenoxy) is 2. The standard InChI is InChI=1S/C18H17NO3/c1-3-21-18(20)17-12-13-11-15(9-10-16(13)19(17)2)22-14-7-5-4-6-8-14/h4-12H,3H2,1-2H3. The molecule has 0 radical (unpaired) electrons. The van der Waals surface area contributed by atoms with E-state index in [-0.39, 0.29) is 5.97 Å². The van der Waals surface area contributed by atoms with Crippen LogP contribution in [0.2, 0.25) is 0 Å². The summed E-state index contributed by atoms with van der Waals surface area (Å²) >= 11 is 0. The van der Waals surface area contributed by atoms with E-state index in [0.717, 1.165) is 22.4 Å². The summed E-state index contributed by atoms with van der Waals surface area (Å²) in [6.07, 6.45) is 0. The van der Waals surface area contributed by atoms with Gasteiger partial charge in [0, 0.05) is 18.0 Å². The number of hydrogen-bond acceptors (Lipinski definition) is 3. The molecule has 112 valence electrons. The highest BCUT2D eigenvalue weighted by Crippen LogP contribution is 2.27. The van der Waals surface area contributed by atoms with Crippen molar-refractivity contribution in [2.75, 3.05) is 6.61 Å². The SMILES string of the molecule is CCOC(=O)c1cc2cc(Oc3ccccc3)ccc2n1C. The fourth-order valence-corrected chi connectivity index (χ4v) is 2.42. The van der Waals surface area contributed by atoms with Crippen molar-refractivity contribution >= 4 is 16.9 Å². The van der Waals surface area contributed by atoms with Crippen molar-refractivity contribution in [1.82, 2.24) is 4.57 Å². The monoisotopic (exact) mass is 295 g/mol. The summed E-state index contributed by atoms with van der Waals surface area (Å²) in [6.45, 7) is 2.16. The number of benzene rings is 2. The maximum atomic E-state index is 11.9. The van der Waals surface area contributed by atoms with Crippen LogP contribution < -0.4 is 4.74 Å². The quantitative estimate of drug-likeness (QED) is 0.679. The van der Waals surface area contributed by atoms with E-state index in [1.165, 1.54) is 0 Å². The molecule has 0 atom stereocenters. The minimum Gasteiger partial charge on any atom is -0.461 e. The van der Waals surface area contributed by atoms with Gasteiger partial charge in [0.15, 0.2) is 0 Å². The Morgan fingerprint density at radius 3 is 2.55 bits per heavy atom. The molecule has 0 N–H and O–H groups in total. The van der Waals surface area contributed by atoms with Gasteiger partial charge in [0.1, 0.15) is 17.2 Å². The first kappa shape index (κ1) is 14.2. The first-order chi connectivity index (χ1) is 10.7. The summed E-state index contributed by atoms with van der Waals surface area (Å²) in [6, 6.07) is 17.2.